The Morgan fingerprint density at radius 3 is 2.30 bits per heavy atom. The van der Waals surface area contributed by atoms with Crippen LogP contribution in [0, 0.1) is 5.82 Å². The maximum atomic E-state index is 13.3. The summed E-state index contributed by atoms with van der Waals surface area (Å²) >= 11 is 0. The van der Waals surface area contributed by atoms with Gasteiger partial charge < -0.3 is 15.4 Å². The highest BCUT2D eigenvalue weighted by atomic mass is 19.4. The number of nitrogens with one attached hydrogen (secondary N) is 2. The minimum atomic E-state index is -4.56. The van der Waals surface area contributed by atoms with Crippen molar-refractivity contribution in [3.63, 3.8) is 0 Å². The second-order valence-electron chi connectivity index (χ2n) is 7.11. The monoisotopic (exact) mass is 424 g/mol. The van der Waals surface area contributed by atoms with Gasteiger partial charge in [-0.3, -0.25) is 9.59 Å². The van der Waals surface area contributed by atoms with Crippen molar-refractivity contribution in [1.82, 2.24) is 5.32 Å². The number of ether oxygens (including phenoxy) is 1. The molecule has 2 aromatic carbocycles. The van der Waals surface area contributed by atoms with Crippen molar-refractivity contribution in [3.8, 4) is 0 Å². The van der Waals surface area contributed by atoms with Gasteiger partial charge in [-0.05, 0) is 48.7 Å². The third-order valence-corrected chi connectivity index (χ3v) is 5.15. The zero-order valence-electron chi connectivity index (χ0n) is 15.9. The van der Waals surface area contributed by atoms with Gasteiger partial charge in [0.1, 0.15) is 5.82 Å². The van der Waals surface area contributed by atoms with Crippen molar-refractivity contribution in [1.29, 1.82) is 0 Å². The van der Waals surface area contributed by atoms with Crippen molar-refractivity contribution >= 4 is 17.5 Å². The molecule has 1 saturated heterocycles. The Kier molecular flexibility index (Phi) is 6.40. The van der Waals surface area contributed by atoms with E-state index in [-0.39, 0.29) is 18.0 Å². The van der Waals surface area contributed by atoms with E-state index in [1.165, 1.54) is 18.2 Å². The van der Waals surface area contributed by atoms with Crippen LogP contribution in [-0.2, 0) is 25.9 Å². The predicted octanol–water partition coefficient (Wildman–Crippen LogP) is 3.65. The Morgan fingerprint density at radius 2 is 1.67 bits per heavy atom. The number of benzene rings is 2. The molecule has 1 aliphatic heterocycles. The maximum absolute atomic E-state index is 13.3. The third-order valence-electron chi connectivity index (χ3n) is 5.15. The number of amides is 2. The average Bonchev–Trinajstić information content (AvgIpc) is 2.72. The zero-order valence-corrected chi connectivity index (χ0v) is 15.9. The molecule has 1 heterocycles. The molecule has 0 saturated carbocycles. The molecule has 2 N–H and O–H groups in total. The normalized spacial score (nSPS) is 16.0. The molecule has 0 aliphatic carbocycles. The van der Waals surface area contributed by atoms with Crippen molar-refractivity contribution in [3.05, 3.63) is 65.5 Å². The van der Waals surface area contributed by atoms with Crippen LogP contribution in [0.2, 0.25) is 0 Å². The fourth-order valence-corrected chi connectivity index (χ4v) is 3.42. The van der Waals surface area contributed by atoms with Gasteiger partial charge in [0.05, 0.1) is 5.56 Å². The van der Waals surface area contributed by atoms with E-state index >= 15 is 0 Å². The van der Waals surface area contributed by atoms with Crippen LogP contribution in [-0.4, -0.2) is 31.6 Å². The van der Waals surface area contributed by atoms with E-state index in [1.54, 1.807) is 12.1 Å². The Labute approximate surface area is 170 Å². The molecule has 0 bridgehead atoms. The second kappa shape index (κ2) is 8.83. The molecule has 2 aromatic rings. The molecule has 160 valence electrons. The molecule has 30 heavy (non-hydrogen) atoms. The van der Waals surface area contributed by atoms with E-state index in [0.717, 1.165) is 23.8 Å². The van der Waals surface area contributed by atoms with Crippen molar-refractivity contribution < 1.29 is 31.9 Å². The SMILES string of the molecule is O=C(NCC1(c2ccc(F)cc2)CCOCC1)C(=O)Nc1cccc(C(F)(F)F)c1. The largest absolute Gasteiger partial charge is 0.416 e. The quantitative estimate of drug-likeness (QED) is 0.582. The van der Waals surface area contributed by atoms with Crippen LogP contribution in [0.4, 0.5) is 23.2 Å². The van der Waals surface area contributed by atoms with Gasteiger partial charge in [-0.25, -0.2) is 4.39 Å². The lowest BCUT2D eigenvalue weighted by Crippen LogP contribution is -2.47. The summed E-state index contributed by atoms with van der Waals surface area (Å²) in [6.45, 7) is 1.00. The van der Waals surface area contributed by atoms with Crippen molar-refractivity contribution in [2.24, 2.45) is 0 Å². The second-order valence-corrected chi connectivity index (χ2v) is 7.11. The van der Waals surface area contributed by atoms with Gasteiger partial charge in [0.25, 0.3) is 0 Å². The predicted molar refractivity (Wildman–Crippen MR) is 101 cm³/mol. The molecule has 2 amide bonds. The Hall–Kier alpha value is -2.94. The van der Waals surface area contributed by atoms with Crippen LogP contribution in [0.3, 0.4) is 0 Å². The summed E-state index contributed by atoms with van der Waals surface area (Å²) in [5.74, 6) is -2.43. The van der Waals surface area contributed by atoms with Crippen LogP contribution >= 0.6 is 0 Å². The van der Waals surface area contributed by atoms with Crippen LogP contribution < -0.4 is 10.6 Å². The fraction of sp³-hybridized carbons (Fsp3) is 0.333. The molecule has 9 heteroatoms. The van der Waals surface area contributed by atoms with Gasteiger partial charge in [0, 0.05) is 30.9 Å². The van der Waals surface area contributed by atoms with Gasteiger partial charge in [-0.2, -0.15) is 13.2 Å². The first kappa shape index (κ1) is 21.8. The molecular weight excluding hydrogens is 404 g/mol. The first-order valence-electron chi connectivity index (χ1n) is 9.30. The van der Waals surface area contributed by atoms with E-state index in [0.29, 0.717) is 26.1 Å². The van der Waals surface area contributed by atoms with Crippen molar-refractivity contribution in [2.75, 3.05) is 25.1 Å². The molecule has 1 fully saturated rings. The molecule has 0 aromatic heterocycles. The summed E-state index contributed by atoms with van der Waals surface area (Å²) in [5, 5.41) is 4.73. The minimum Gasteiger partial charge on any atom is -0.381 e. The summed E-state index contributed by atoms with van der Waals surface area (Å²) in [6, 6.07) is 9.95. The van der Waals surface area contributed by atoms with E-state index in [2.05, 4.69) is 10.6 Å². The molecule has 0 atom stereocenters. The van der Waals surface area contributed by atoms with E-state index in [9.17, 15) is 27.2 Å². The highest BCUT2D eigenvalue weighted by molar-refractivity contribution is 6.39. The maximum Gasteiger partial charge on any atom is 0.416 e. The van der Waals surface area contributed by atoms with Crippen LogP contribution in [0.5, 0.6) is 0 Å². The molecule has 3 rings (SSSR count). The number of hydrogen-bond donors (Lipinski definition) is 2. The lowest BCUT2D eigenvalue weighted by molar-refractivity contribution is -0.137. The van der Waals surface area contributed by atoms with E-state index < -0.39 is 29.0 Å². The van der Waals surface area contributed by atoms with E-state index in [4.69, 9.17) is 4.74 Å². The van der Waals surface area contributed by atoms with Crippen LogP contribution in [0.1, 0.15) is 24.0 Å². The topological polar surface area (TPSA) is 67.4 Å². The van der Waals surface area contributed by atoms with Gasteiger partial charge in [0.2, 0.25) is 0 Å². The van der Waals surface area contributed by atoms with E-state index in [1.807, 2.05) is 0 Å². The highest BCUT2D eigenvalue weighted by Gasteiger charge is 2.35. The van der Waals surface area contributed by atoms with Gasteiger partial charge in [-0.15, -0.1) is 0 Å². The molecule has 1 aliphatic rings. The first-order chi connectivity index (χ1) is 14.2. The van der Waals surface area contributed by atoms with Gasteiger partial charge in [-0.1, -0.05) is 18.2 Å². The number of alkyl halides is 3. The highest BCUT2D eigenvalue weighted by Crippen LogP contribution is 2.34. The zero-order chi connectivity index (χ0) is 21.8. The molecular formula is C21H20F4N2O3. The van der Waals surface area contributed by atoms with Gasteiger partial charge in [0.15, 0.2) is 0 Å². The molecule has 0 spiro atoms. The standard InChI is InChI=1S/C21H20F4N2O3/c22-16-6-4-14(5-7-16)20(8-10-30-11-9-20)13-26-18(28)19(29)27-17-3-1-2-15(12-17)21(23,24)25/h1-7,12H,8-11,13H2,(H,26,28)(H,27,29). The first-order valence-corrected chi connectivity index (χ1v) is 9.30. The lowest BCUT2D eigenvalue weighted by Gasteiger charge is -2.37. The van der Waals surface area contributed by atoms with Crippen LogP contribution in [0.15, 0.2) is 48.5 Å². The van der Waals surface area contributed by atoms with Crippen molar-refractivity contribution in [2.45, 2.75) is 24.4 Å². The third kappa shape index (κ3) is 5.15. The smallest absolute Gasteiger partial charge is 0.381 e. The summed E-state index contributed by atoms with van der Waals surface area (Å²) in [7, 11) is 0. The number of rotatable bonds is 4. The number of carbonyl (C=O) groups excluding carboxylic acids is 2. The number of hydrogen-bond acceptors (Lipinski definition) is 3. The Balaban J connectivity index is 1.67. The summed E-state index contributed by atoms with van der Waals surface area (Å²) in [5.41, 5.74) is -0.786. The summed E-state index contributed by atoms with van der Waals surface area (Å²) < 4.78 is 57.1. The number of carbonyl (C=O) groups is 2. The lowest BCUT2D eigenvalue weighted by atomic mass is 9.74. The molecule has 0 radical (unpaired) electrons. The Bertz CT molecular complexity index is 907. The number of halogens is 4. The minimum absolute atomic E-state index is 0.108. The average molecular weight is 424 g/mol. The van der Waals surface area contributed by atoms with Gasteiger partial charge >= 0.3 is 18.0 Å². The number of anilines is 1. The summed E-state index contributed by atoms with van der Waals surface area (Å²) in [4.78, 5) is 24.4. The molecule has 5 nitrogen and oxygen atoms in total. The summed E-state index contributed by atoms with van der Waals surface area (Å²) in [6.07, 6.45) is -3.43. The van der Waals surface area contributed by atoms with Crippen LogP contribution in [0.25, 0.3) is 0 Å². The Morgan fingerprint density at radius 1 is 1.00 bits per heavy atom. The fourth-order valence-electron chi connectivity index (χ4n) is 3.42. The molecule has 0 unspecified atom stereocenters.